The van der Waals surface area contributed by atoms with Crippen LogP contribution in [-0.2, 0) is 9.84 Å². The van der Waals surface area contributed by atoms with Gasteiger partial charge in [-0.25, -0.2) is 8.42 Å². The lowest BCUT2D eigenvalue weighted by molar-refractivity contribution is 0.449. The Morgan fingerprint density at radius 2 is 1.22 bits per heavy atom. The van der Waals surface area contributed by atoms with E-state index in [-0.39, 0.29) is 10.5 Å². The fraction of sp³-hybridized carbons (Fsp3) is 0.600. The van der Waals surface area contributed by atoms with Gasteiger partial charge < -0.3 is 0 Å². The van der Waals surface area contributed by atoms with E-state index in [1.54, 1.807) is 0 Å². The molecule has 0 aromatic heterocycles. The van der Waals surface area contributed by atoms with E-state index in [1.165, 1.54) is 18.4 Å². The molecule has 0 bridgehead atoms. The molecule has 0 N–H and O–H groups in total. The van der Waals surface area contributed by atoms with Gasteiger partial charge in [-0.1, -0.05) is 81.5 Å². The van der Waals surface area contributed by atoms with E-state index in [0.29, 0.717) is 0 Å². The monoisotopic (exact) mass is 334 g/mol. The van der Waals surface area contributed by atoms with Gasteiger partial charge in [-0.3, -0.25) is 0 Å². The molecule has 0 aliphatic heterocycles. The first-order valence-electron chi connectivity index (χ1n) is 9.05. The largest absolute Gasteiger partial charge is 0.228 e. The van der Waals surface area contributed by atoms with Crippen LogP contribution >= 0.6 is 0 Å². The lowest BCUT2D eigenvalue weighted by Gasteiger charge is -2.29. The minimum atomic E-state index is -2.79. The summed E-state index contributed by atoms with van der Waals surface area (Å²) in [7, 11) is -2.79. The summed E-state index contributed by atoms with van der Waals surface area (Å²) in [6.45, 7) is 3.63. The molecule has 128 valence electrons. The van der Waals surface area contributed by atoms with Crippen molar-refractivity contribution < 1.29 is 8.42 Å². The van der Waals surface area contributed by atoms with Crippen molar-refractivity contribution in [2.24, 2.45) is 0 Å². The molecule has 0 unspecified atom stereocenters. The van der Waals surface area contributed by atoms with Crippen molar-refractivity contribution in [1.82, 2.24) is 0 Å². The summed E-state index contributed by atoms with van der Waals surface area (Å²) in [5.74, 6) is 0. The second kappa shape index (κ2) is 9.27. The molecule has 2 saturated carbocycles. The summed E-state index contributed by atoms with van der Waals surface area (Å²) in [5, 5.41) is 0.0173. The van der Waals surface area contributed by atoms with Gasteiger partial charge in [0.25, 0.3) is 0 Å². The predicted molar refractivity (Wildman–Crippen MR) is 99.2 cm³/mol. The molecule has 0 radical (unpaired) electrons. The third-order valence-electron chi connectivity index (χ3n) is 5.07. The Labute approximate surface area is 141 Å². The van der Waals surface area contributed by atoms with Crippen LogP contribution in [0.3, 0.4) is 0 Å². The van der Waals surface area contributed by atoms with Crippen LogP contribution in [0.15, 0.2) is 36.9 Å². The van der Waals surface area contributed by atoms with Gasteiger partial charge in [0, 0.05) is 0 Å². The van der Waals surface area contributed by atoms with Crippen LogP contribution in [0.1, 0.15) is 69.8 Å². The first kappa shape index (κ1) is 18.3. The zero-order chi connectivity index (χ0) is 16.5. The van der Waals surface area contributed by atoms with Gasteiger partial charge in [-0.05, 0) is 31.2 Å². The third-order valence-corrected chi connectivity index (χ3v) is 7.87. The van der Waals surface area contributed by atoms with Crippen LogP contribution in [0.25, 0.3) is 6.08 Å². The van der Waals surface area contributed by atoms with Crippen molar-refractivity contribution in [3.63, 3.8) is 0 Å². The van der Waals surface area contributed by atoms with Gasteiger partial charge in [-0.2, -0.15) is 0 Å². The van der Waals surface area contributed by atoms with Crippen molar-refractivity contribution in [1.29, 1.82) is 0 Å². The molecule has 3 rings (SSSR count). The second-order valence-electron chi connectivity index (χ2n) is 6.72. The van der Waals surface area contributed by atoms with Crippen LogP contribution < -0.4 is 0 Å². The Hall–Kier alpha value is -1.09. The smallest absolute Gasteiger partial charge is 0.156 e. The molecular formula is C20H30O2S. The van der Waals surface area contributed by atoms with Crippen LogP contribution in [0.5, 0.6) is 0 Å². The normalized spacial score (nSPS) is 20.3. The molecule has 2 aliphatic carbocycles. The summed E-state index contributed by atoms with van der Waals surface area (Å²) < 4.78 is 24.7. The molecule has 0 saturated heterocycles. The summed E-state index contributed by atoms with van der Waals surface area (Å²) in [4.78, 5) is 0. The zero-order valence-electron chi connectivity index (χ0n) is 14.1. The van der Waals surface area contributed by atoms with Crippen LogP contribution in [-0.4, -0.2) is 18.9 Å². The maximum Gasteiger partial charge on any atom is 0.156 e. The second-order valence-corrected chi connectivity index (χ2v) is 9.24. The number of sulfone groups is 1. The average Bonchev–Trinajstić information content (AvgIpc) is 2.64. The SMILES string of the molecule is C=Cc1ccccc1.O=S(=O)(C1CCCCC1)C1CCCCC1. The summed E-state index contributed by atoms with van der Waals surface area (Å²) in [6, 6.07) is 10.0. The van der Waals surface area contributed by atoms with Gasteiger partial charge in [0.1, 0.15) is 0 Å². The van der Waals surface area contributed by atoms with Crippen LogP contribution in [0.2, 0.25) is 0 Å². The first-order valence-corrected chi connectivity index (χ1v) is 10.7. The van der Waals surface area contributed by atoms with Crippen LogP contribution in [0.4, 0.5) is 0 Å². The molecule has 3 heteroatoms. The van der Waals surface area contributed by atoms with Crippen molar-refractivity contribution in [2.45, 2.75) is 74.7 Å². The molecule has 1 aromatic rings. The van der Waals surface area contributed by atoms with E-state index in [1.807, 2.05) is 36.4 Å². The quantitative estimate of drug-likeness (QED) is 0.742. The summed E-state index contributed by atoms with van der Waals surface area (Å²) >= 11 is 0. The van der Waals surface area contributed by atoms with Gasteiger partial charge >= 0.3 is 0 Å². The van der Waals surface area contributed by atoms with Crippen molar-refractivity contribution in [3.8, 4) is 0 Å². The molecular weight excluding hydrogens is 304 g/mol. The van der Waals surface area contributed by atoms with Gasteiger partial charge in [0.2, 0.25) is 0 Å². The maximum absolute atomic E-state index is 12.3. The molecule has 0 amide bonds. The third kappa shape index (κ3) is 5.49. The fourth-order valence-electron chi connectivity index (χ4n) is 3.65. The number of benzene rings is 1. The topological polar surface area (TPSA) is 34.1 Å². The molecule has 0 spiro atoms. The highest BCUT2D eigenvalue weighted by atomic mass is 32.2. The Balaban J connectivity index is 0.000000203. The summed E-state index contributed by atoms with van der Waals surface area (Å²) in [5.41, 5.74) is 1.17. The maximum atomic E-state index is 12.3. The molecule has 2 nitrogen and oxygen atoms in total. The standard InChI is InChI=1S/C12H22O2S.C8H8/c13-15(14,11-7-3-1-4-8-11)12-9-5-2-6-10-12;1-2-8-6-4-3-5-7-8/h11-12H,1-10H2;2-7H,1H2. The molecule has 23 heavy (non-hydrogen) atoms. The highest BCUT2D eigenvalue weighted by molar-refractivity contribution is 7.92. The predicted octanol–water partition coefficient (Wildman–Crippen LogP) is 5.40. The van der Waals surface area contributed by atoms with Crippen molar-refractivity contribution in [3.05, 3.63) is 42.5 Å². The average molecular weight is 335 g/mol. The van der Waals surface area contributed by atoms with E-state index in [2.05, 4.69) is 6.58 Å². The summed E-state index contributed by atoms with van der Waals surface area (Å²) in [6.07, 6.45) is 12.5. The van der Waals surface area contributed by atoms with E-state index < -0.39 is 9.84 Å². The number of hydrogen-bond acceptors (Lipinski definition) is 2. The van der Waals surface area contributed by atoms with Crippen molar-refractivity contribution >= 4 is 15.9 Å². The van der Waals surface area contributed by atoms with Crippen LogP contribution in [0, 0.1) is 0 Å². The number of rotatable bonds is 3. The molecule has 0 heterocycles. The highest BCUT2D eigenvalue weighted by Crippen LogP contribution is 2.32. The molecule has 0 atom stereocenters. The molecule has 1 aromatic carbocycles. The Bertz CT molecular complexity index is 527. The van der Waals surface area contributed by atoms with E-state index in [0.717, 1.165) is 51.4 Å². The van der Waals surface area contributed by atoms with E-state index in [4.69, 9.17) is 0 Å². The van der Waals surface area contributed by atoms with Gasteiger partial charge in [0.15, 0.2) is 9.84 Å². The minimum Gasteiger partial charge on any atom is -0.228 e. The molecule has 2 aliphatic rings. The first-order chi connectivity index (χ1) is 11.1. The van der Waals surface area contributed by atoms with E-state index in [9.17, 15) is 8.42 Å². The highest BCUT2D eigenvalue weighted by Gasteiger charge is 2.34. The van der Waals surface area contributed by atoms with Gasteiger partial charge in [0.05, 0.1) is 10.5 Å². The lowest BCUT2D eigenvalue weighted by atomic mass is 10.00. The van der Waals surface area contributed by atoms with Gasteiger partial charge in [-0.15, -0.1) is 0 Å². The number of hydrogen-bond donors (Lipinski definition) is 0. The zero-order valence-corrected chi connectivity index (χ0v) is 14.9. The lowest BCUT2D eigenvalue weighted by Crippen LogP contribution is -2.34. The molecule has 2 fully saturated rings. The Morgan fingerprint density at radius 3 is 1.57 bits per heavy atom. The minimum absolute atomic E-state index is 0.00866. The van der Waals surface area contributed by atoms with Crippen molar-refractivity contribution in [2.75, 3.05) is 0 Å². The Kier molecular flexibility index (Phi) is 7.35. The fourth-order valence-corrected chi connectivity index (χ4v) is 6.17. The van der Waals surface area contributed by atoms with E-state index >= 15 is 0 Å². The Morgan fingerprint density at radius 1 is 0.783 bits per heavy atom.